The number of benzene rings is 2. The molecule has 4 aliphatic rings. The van der Waals surface area contributed by atoms with E-state index in [0.29, 0.717) is 0 Å². The van der Waals surface area contributed by atoms with E-state index >= 15 is 0 Å². The van der Waals surface area contributed by atoms with E-state index in [9.17, 15) is 40.0 Å². The molecule has 2 aromatic heterocycles. The van der Waals surface area contributed by atoms with Crippen LogP contribution in [0.15, 0.2) is 127 Å². The number of rotatable bonds is 9. The molecule has 0 unspecified atom stereocenters. The minimum Gasteiger partial charge on any atom is -0.506 e. The second kappa shape index (κ2) is 23.6. The van der Waals surface area contributed by atoms with Crippen molar-refractivity contribution in [1.82, 2.24) is 9.97 Å². The summed E-state index contributed by atoms with van der Waals surface area (Å²) in [5.41, 5.74) is 8.56. The first-order valence-electron chi connectivity index (χ1n) is 20.7. The number of nitrogens with zero attached hydrogens (tertiary/aromatic N) is 10. The molecule has 0 atom stereocenters. The standard InChI is InChI=1S/C27H35N2.2C9H5ClN4O4S.Co/c1-5-29(6-2)23-16-14-22(21(3)20-23)15-17-26-27(18-10-7-11-19-27)24-12-8-9-13-25(24)28(26)4;2*10-4-1-5(7(16)2-6(4)15)12-13-9-11-3-8(19-9)14(17)18;/h8-9,12-17,20H,5-7,10-11,18-19H2,1-4H3;2*1-3H,(H2,11,13,15,16);/q+1;;;/p-2. The molecule has 8 rings (SSSR count). The number of fused-ring (bicyclic) bond motifs is 2. The number of hydrogen-bond acceptors (Lipinski definition) is 15. The quantitative estimate of drug-likeness (QED) is 0.0696. The van der Waals surface area contributed by atoms with Crippen LogP contribution < -0.4 is 24.5 Å². The molecule has 3 aliphatic carbocycles. The summed E-state index contributed by atoms with van der Waals surface area (Å²) in [6.07, 6.45) is 17.5. The van der Waals surface area contributed by atoms with E-state index in [1.54, 1.807) is 0 Å². The summed E-state index contributed by atoms with van der Waals surface area (Å²) in [5, 5.41) is 53.7. The van der Waals surface area contributed by atoms with Crippen molar-refractivity contribution in [2.24, 2.45) is 20.4 Å². The van der Waals surface area contributed by atoms with E-state index in [-0.39, 0.29) is 74.8 Å². The van der Waals surface area contributed by atoms with Gasteiger partial charge in [-0.1, -0.05) is 89.4 Å². The molecule has 3 heterocycles. The van der Waals surface area contributed by atoms with E-state index in [4.69, 9.17) is 23.2 Å². The average molecular weight is 1050 g/mol. The molecule has 1 fully saturated rings. The second-order valence-corrected chi connectivity index (χ2v) is 17.9. The predicted molar refractivity (Wildman–Crippen MR) is 260 cm³/mol. The molecule has 1 saturated carbocycles. The number of para-hydroxylation sites is 1. The largest absolute Gasteiger partial charge is 0.506 e. The van der Waals surface area contributed by atoms with Crippen LogP contribution >= 0.6 is 45.9 Å². The molecule has 23 heteroatoms. The van der Waals surface area contributed by atoms with Gasteiger partial charge < -0.3 is 35.3 Å². The Morgan fingerprint density at radius 3 is 1.78 bits per heavy atom. The van der Waals surface area contributed by atoms with Crippen LogP contribution in [0.4, 0.5) is 21.4 Å². The van der Waals surface area contributed by atoms with Crippen LogP contribution in [0.2, 0.25) is 0 Å². The number of thiazole rings is 2. The monoisotopic (exact) mass is 1040 g/mol. The number of carbonyl (C=O) groups is 2. The van der Waals surface area contributed by atoms with E-state index in [0.717, 1.165) is 72.5 Å². The fraction of sp³-hybridized carbons (Fsp3) is 0.267. The maximum atomic E-state index is 11.1. The van der Waals surface area contributed by atoms with Crippen LogP contribution in [-0.4, -0.2) is 73.5 Å². The first-order chi connectivity index (χ1) is 32.0. The number of aromatic nitrogens is 2. The molecular formula is C45H43Cl2CoN10O8S2-. The number of nitro groups is 2. The van der Waals surface area contributed by atoms with Crippen LogP contribution in [0, 0.1) is 27.2 Å². The Labute approximate surface area is 417 Å². The summed E-state index contributed by atoms with van der Waals surface area (Å²) in [7, 11) is 2.25. The number of hydrogen-bond donors (Lipinski definition) is 2. The molecule has 68 heavy (non-hydrogen) atoms. The van der Waals surface area contributed by atoms with Crippen LogP contribution in [0.25, 0.3) is 6.08 Å². The number of aliphatic hydroxyl groups excluding tert-OH is 2. The topological polar surface area (TPSA) is 245 Å². The molecule has 0 bridgehead atoms. The smallest absolute Gasteiger partial charge is 0.319 e. The first kappa shape index (κ1) is 52.6. The van der Waals surface area contributed by atoms with Crippen LogP contribution in [0.1, 0.15) is 62.6 Å². The third-order valence-corrected chi connectivity index (χ3v) is 13.3. The molecule has 1 radical (unpaired) electrons. The zero-order valence-corrected chi connectivity index (χ0v) is 41.0. The zero-order chi connectivity index (χ0) is 48.4. The van der Waals surface area contributed by atoms with Gasteiger partial charge in [-0.25, -0.2) is 0 Å². The predicted octanol–water partition coefficient (Wildman–Crippen LogP) is 8.52. The van der Waals surface area contributed by atoms with Gasteiger partial charge in [0.2, 0.25) is 17.3 Å². The Hall–Kier alpha value is -6.36. The van der Waals surface area contributed by atoms with Crippen LogP contribution in [-0.2, 0) is 31.8 Å². The first-order valence-corrected chi connectivity index (χ1v) is 23.1. The summed E-state index contributed by atoms with van der Waals surface area (Å²) in [5.74, 6) is -1.85. The van der Waals surface area contributed by atoms with Gasteiger partial charge in [0, 0.05) is 87.4 Å². The van der Waals surface area contributed by atoms with Gasteiger partial charge in [0.05, 0.1) is 25.3 Å². The van der Waals surface area contributed by atoms with Crippen molar-refractivity contribution in [3.05, 3.63) is 153 Å². The maximum Gasteiger partial charge on any atom is 0.319 e. The Morgan fingerprint density at radius 1 is 0.794 bits per heavy atom. The number of carbonyl (C=O) groups excluding carboxylic acids is 2. The summed E-state index contributed by atoms with van der Waals surface area (Å²) in [6, 6.07) is 15.9. The Kier molecular flexibility index (Phi) is 18.2. The molecule has 2 aromatic carbocycles. The van der Waals surface area contributed by atoms with Crippen LogP contribution in [0.5, 0.6) is 0 Å². The van der Waals surface area contributed by atoms with Gasteiger partial charge in [-0.2, -0.15) is 4.58 Å². The SMILES string of the molecule is CCN(CC)c1ccc(/C=C/C2=[N+](C)c3ccccc3C23CCCCC3)c(C)c1.O=C1C=C(O)C(=NN=c2[n-]cc([N+](=O)[O-])s2)C=C1Cl.O=C1C=C(O)C(=NN=c2[n-]cc([N+](=O)[O-])s2)C=C1Cl.[Co]. The Morgan fingerprint density at radius 2 is 1.31 bits per heavy atom. The van der Waals surface area contributed by atoms with Gasteiger partial charge in [-0.05, 0) is 75.1 Å². The van der Waals surface area contributed by atoms with Crippen molar-refractivity contribution >= 4 is 102 Å². The molecular weight excluding hydrogens is 1000 g/mol. The molecule has 357 valence electrons. The summed E-state index contributed by atoms with van der Waals surface area (Å²) in [6.45, 7) is 8.78. The number of anilines is 1. The van der Waals surface area contributed by atoms with Crippen molar-refractivity contribution in [3.63, 3.8) is 0 Å². The van der Waals surface area contributed by atoms with Crippen molar-refractivity contribution < 1.29 is 51.0 Å². The second-order valence-electron chi connectivity index (χ2n) is 15.1. The van der Waals surface area contributed by atoms with Crippen molar-refractivity contribution in [2.75, 3.05) is 25.0 Å². The molecule has 4 aromatic rings. The van der Waals surface area contributed by atoms with E-state index in [2.05, 4.69) is 122 Å². The summed E-state index contributed by atoms with van der Waals surface area (Å²) < 4.78 is 2.44. The van der Waals surface area contributed by atoms with E-state index in [1.165, 1.54) is 65.9 Å². The zero-order valence-electron chi connectivity index (χ0n) is 36.8. The molecule has 0 saturated heterocycles. The van der Waals surface area contributed by atoms with Gasteiger partial charge >= 0.3 is 10.0 Å². The van der Waals surface area contributed by atoms with E-state index in [1.807, 2.05) is 0 Å². The van der Waals surface area contributed by atoms with Crippen LogP contribution in [0.3, 0.4) is 0 Å². The average Bonchev–Trinajstić information content (AvgIpc) is 4.05. The summed E-state index contributed by atoms with van der Waals surface area (Å²) in [4.78, 5) is 51.7. The number of halogens is 2. The number of aliphatic hydroxyl groups is 2. The minimum absolute atomic E-state index is 0. The number of aryl methyl sites for hydroxylation is 1. The Bertz CT molecular complexity index is 2900. The number of ketones is 2. The van der Waals surface area contributed by atoms with Gasteiger partial charge in [-0.3, -0.25) is 40.0 Å². The fourth-order valence-electron chi connectivity index (χ4n) is 7.71. The molecule has 1 aliphatic heterocycles. The van der Waals surface area contributed by atoms with Gasteiger partial charge in [0.25, 0.3) is 0 Å². The third kappa shape index (κ3) is 12.4. The normalized spacial score (nSPS) is 18.0. The van der Waals surface area contributed by atoms with Gasteiger partial charge in [-0.15, -0.1) is 0 Å². The van der Waals surface area contributed by atoms with E-state index < -0.39 is 21.4 Å². The third-order valence-electron chi connectivity index (χ3n) is 11.0. The summed E-state index contributed by atoms with van der Waals surface area (Å²) >= 11 is 12.6. The number of allylic oxidation sites excluding steroid dienone is 7. The van der Waals surface area contributed by atoms with Crippen molar-refractivity contribution in [2.45, 2.75) is 58.3 Å². The molecule has 0 amide bonds. The molecule has 18 nitrogen and oxygen atoms in total. The van der Waals surface area contributed by atoms with Gasteiger partial charge in [0.15, 0.2) is 5.71 Å². The molecule has 1 spiro atoms. The minimum atomic E-state index is -0.600. The van der Waals surface area contributed by atoms with Crippen molar-refractivity contribution in [1.29, 1.82) is 0 Å². The van der Waals surface area contributed by atoms with Crippen molar-refractivity contribution in [3.8, 4) is 0 Å². The maximum absolute atomic E-state index is 11.1. The van der Waals surface area contributed by atoms with Gasteiger partial charge in [0.1, 0.15) is 30.0 Å². The molecule has 2 N–H and O–H groups in total. The fourth-order valence-corrected chi connectivity index (χ4v) is 9.13. The Balaban J connectivity index is 0.000000196.